The standard InChI is InChI=1S/C16H15N5O2/c1-21-11-13(10-18-21)20-16(22)19-12-7-8-17-15(9-12)23-14-5-3-2-4-6-14/h2-11H,1H3,(H2,17,19,20,22). The van der Waals surface area contributed by atoms with E-state index >= 15 is 0 Å². The molecule has 0 aliphatic rings. The highest BCUT2D eigenvalue weighted by Gasteiger charge is 2.06. The van der Waals surface area contributed by atoms with E-state index in [1.807, 2.05) is 30.3 Å². The number of ether oxygens (including phenoxy) is 1. The van der Waals surface area contributed by atoms with Gasteiger partial charge in [-0.3, -0.25) is 4.68 Å². The zero-order chi connectivity index (χ0) is 16.1. The Morgan fingerprint density at radius 1 is 1.13 bits per heavy atom. The monoisotopic (exact) mass is 309 g/mol. The minimum atomic E-state index is -0.366. The van der Waals surface area contributed by atoms with E-state index in [2.05, 4.69) is 20.7 Å². The molecule has 1 aromatic carbocycles. The smallest absolute Gasteiger partial charge is 0.323 e. The Bertz CT molecular complexity index is 801. The van der Waals surface area contributed by atoms with Crippen LogP contribution < -0.4 is 15.4 Å². The number of anilines is 2. The Morgan fingerprint density at radius 3 is 2.65 bits per heavy atom. The Hall–Kier alpha value is -3.35. The van der Waals surface area contributed by atoms with Crippen LogP contribution in [-0.2, 0) is 7.05 Å². The molecule has 0 aliphatic carbocycles. The van der Waals surface area contributed by atoms with E-state index in [9.17, 15) is 4.79 Å². The number of carbonyl (C=O) groups is 1. The van der Waals surface area contributed by atoms with E-state index in [-0.39, 0.29) is 6.03 Å². The number of hydrogen-bond acceptors (Lipinski definition) is 4. The van der Waals surface area contributed by atoms with Crippen molar-refractivity contribution in [2.75, 3.05) is 10.6 Å². The predicted molar refractivity (Wildman–Crippen MR) is 86.6 cm³/mol. The molecule has 116 valence electrons. The quantitative estimate of drug-likeness (QED) is 0.775. The van der Waals surface area contributed by atoms with E-state index in [4.69, 9.17) is 4.74 Å². The van der Waals surface area contributed by atoms with Crippen molar-refractivity contribution in [2.24, 2.45) is 7.05 Å². The molecule has 7 heteroatoms. The zero-order valence-electron chi connectivity index (χ0n) is 12.4. The largest absolute Gasteiger partial charge is 0.439 e. The highest BCUT2D eigenvalue weighted by molar-refractivity contribution is 5.99. The van der Waals surface area contributed by atoms with Gasteiger partial charge in [0.15, 0.2) is 0 Å². The molecule has 0 saturated heterocycles. The second-order valence-electron chi connectivity index (χ2n) is 4.78. The summed E-state index contributed by atoms with van der Waals surface area (Å²) < 4.78 is 7.23. The number of urea groups is 1. The third-order valence-electron chi connectivity index (χ3n) is 2.92. The number of aromatic nitrogens is 3. The number of aryl methyl sites for hydroxylation is 1. The number of nitrogens with zero attached hydrogens (tertiary/aromatic N) is 3. The molecule has 0 bridgehead atoms. The second-order valence-corrected chi connectivity index (χ2v) is 4.78. The normalized spacial score (nSPS) is 10.1. The lowest BCUT2D eigenvalue weighted by atomic mass is 10.3. The number of pyridine rings is 1. The summed E-state index contributed by atoms with van der Waals surface area (Å²) in [6, 6.07) is 12.3. The lowest BCUT2D eigenvalue weighted by Crippen LogP contribution is -2.19. The summed E-state index contributed by atoms with van der Waals surface area (Å²) in [4.78, 5) is 16.1. The second kappa shape index (κ2) is 6.61. The van der Waals surface area contributed by atoms with Crippen molar-refractivity contribution in [1.29, 1.82) is 0 Å². The Morgan fingerprint density at radius 2 is 1.91 bits per heavy atom. The van der Waals surface area contributed by atoms with Gasteiger partial charge in [-0.15, -0.1) is 0 Å². The van der Waals surface area contributed by atoms with Crippen molar-refractivity contribution in [3.05, 3.63) is 61.1 Å². The first-order chi connectivity index (χ1) is 11.2. The molecular formula is C16H15N5O2. The Labute approximate surface area is 132 Å². The van der Waals surface area contributed by atoms with Crippen molar-refractivity contribution in [3.63, 3.8) is 0 Å². The first-order valence-electron chi connectivity index (χ1n) is 6.95. The fourth-order valence-corrected chi connectivity index (χ4v) is 1.93. The van der Waals surface area contributed by atoms with Crippen LogP contribution in [0.2, 0.25) is 0 Å². The van der Waals surface area contributed by atoms with Crippen LogP contribution in [0.25, 0.3) is 0 Å². The number of hydrogen-bond donors (Lipinski definition) is 2. The predicted octanol–water partition coefficient (Wildman–Crippen LogP) is 3.25. The highest BCUT2D eigenvalue weighted by Crippen LogP contribution is 2.21. The van der Waals surface area contributed by atoms with Gasteiger partial charge in [-0.25, -0.2) is 9.78 Å². The summed E-state index contributed by atoms with van der Waals surface area (Å²) in [6.07, 6.45) is 4.84. The van der Waals surface area contributed by atoms with Gasteiger partial charge >= 0.3 is 6.03 Å². The fourth-order valence-electron chi connectivity index (χ4n) is 1.93. The SMILES string of the molecule is Cn1cc(NC(=O)Nc2ccnc(Oc3ccccc3)c2)cn1. The topological polar surface area (TPSA) is 81.1 Å². The van der Waals surface area contributed by atoms with E-state index in [1.54, 1.807) is 42.5 Å². The van der Waals surface area contributed by atoms with Crippen molar-refractivity contribution in [3.8, 4) is 11.6 Å². The summed E-state index contributed by atoms with van der Waals surface area (Å²) in [5.41, 5.74) is 1.19. The maximum absolute atomic E-state index is 11.9. The van der Waals surface area contributed by atoms with Gasteiger partial charge in [-0.05, 0) is 18.2 Å². The Kier molecular flexibility index (Phi) is 4.19. The van der Waals surface area contributed by atoms with Crippen LogP contribution in [0.3, 0.4) is 0 Å². The number of nitrogens with one attached hydrogen (secondary N) is 2. The van der Waals surface area contributed by atoms with E-state index < -0.39 is 0 Å². The molecule has 23 heavy (non-hydrogen) atoms. The van der Waals surface area contributed by atoms with Crippen molar-refractivity contribution < 1.29 is 9.53 Å². The summed E-state index contributed by atoms with van der Waals surface area (Å²) in [5, 5.41) is 9.39. The van der Waals surface area contributed by atoms with Crippen LogP contribution in [-0.4, -0.2) is 20.8 Å². The van der Waals surface area contributed by atoms with Crippen LogP contribution in [0.5, 0.6) is 11.6 Å². The highest BCUT2D eigenvalue weighted by atomic mass is 16.5. The molecule has 3 rings (SSSR count). The number of rotatable bonds is 4. The molecular weight excluding hydrogens is 294 g/mol. The molecule has 0 spiro atoms. The van der Waals surface area contributed by atoms with Gasteiger partial charge in [-0.1, -0.05) is 18.2 Å². The molecule has 0 saturated carbocycles. The molecule has 2 heterocycles. The maximum atomic E-state index is 11.9. The van der Waals surface area contributed by atoms with Crippen LogP contribution in [0.4, 0.5) is 16.2 Å². The van der Waals surface area contributed by atoms with Crippen LogP contribution in [0, 0.1) is 0 Å². The number of carbonyl (C=O) groups excluding carboxylic acids is 1. The lowest BCUT2D eigenvalue weighted by molar-refractivity contribution is 0.262. The average Bonchev–Trinajstić information content (AvgIpc) is 2.93. The van der Waals surface area contributed by atoms with Crippen molar-refractivity contribution in [2.45, 2.75) is 0 Å². The molecule has 0 radical (unpaired) electrons. The third kappa shape index (κ3) is 4.07. The van der Waals surface area contributed by atoms with Gasteiger partial charge in [0.25, 0.3) is 0 Å². The molecule has 2 aromatic heterocycles. The molecule has 0 fully saturated rings. The molecule has 2 amide bonds. The first-order valence-corrected chi connectivity index (χ1v) is 6.95. The minimum absolute atomic E-state index is 0.366. The van der Waals surface area contributed by atoms with E-state index in [0.29, 0.717) is 23.0 Å². The molecule has 0 aliphatic heterocycles. The van der Waals surface area contributed by atoms with E-state index in [0.717, 1.165) is 0 Å². The number of para-hydroxylation sites is 1. The molecule has 7 nitrogen and oxygen atoms in total. The van der Waals surface area contributed by atoms with Gasteiger partial charge in [-0.2, -0.15) is 5.10 Å². The average molecular weight is 309 g/mol. The molecule has 3 aromatic rings. The number of amides is 2. The van der Waals surface area contributed by atoms with Crippen LogP contribution >= 0.6 is 0 Å². The summed E-state index contributed by atoms with van der Waals surface area (Å²) >= 11 is 0. The molecule has 0 unspecified atom stereocenters. The summed E-state index contributed by atoms with van der Waals surface area (Å²) in [6.45, 7) is 0. The zero-order valence-corrected chi connectivity index (χ0v) is 12.4. The van der Waals surface area contributed by atoms with E-state index in [1.165, 1.54) is 0 Å². The summed E-state index contributed by atoms with van der Waals surface area (Å²) in [5.74, 6) is 1.08. The van der Waals surface area contributed by atoms with Gasteiger partial charge in [0.2, 0.25) is 5.88 Å². The molecule has 2 N–H and O–H groups in total. The van der Waals surface area contributed by atoms with Crippen LogP contribution in [0.15, 0.2) is 61.1 Å². The van der Waals surface area contributed by atoms with Crippen LogP contribution in [0.1, 0.15) is 0 Å². The van der Waals surface area contributed by atoms with Gasteiger partial charge in [0.05, 0.1) is 11.9 Å². The number of benzene rings is 1. The van der Waals surface area contributed by atoms with Gasteiger partial charge in [0, 0.05) is 31.2 Å². The maximum Gasteiger partial charge on any atom is 0.323 e. The van der Waals surface area contributed by atoms with Gasteiger partial charge in [0.1, 0.15) is 5.75 Å². The van der Waals surface area contributed by atoms with Gasteiger partial charge < -0.3 is 15.4 Å². The lowest BCUT2D eigenvalue weighted by Gasteiger charge is -2.08. The minimum Gasteiger partial charge on any atom is -0.439 e. The van der Waals surface area contributed by atoms with Crippen molar-refractivity contribution in [1.82, 2.24) is 14.8 Å². The third-order valence-corrected chi connectivity index (χ3v) is 2.92. The fraction of sp³-hybridized carbons (Fsp3) is 0.0625. The first kappa shape index (κ1) is 14.6. The van der Waals surface area contributed by atoms with Crippen molar-refractivity contribution >= 4 is 17.4 Å². The summed E-state index contributed by atoms with van der Waals surface area (Å²) in [7, 11) is 1.78. The molecule has 0 atom stereocenters. The Balaban J connectivity index is 1.64.